The predicted octanol–water partition coefficient (Wildman–Crippen LogP) is 2.99. The molecule has 7 heteroatoms. The third-order valence-electron chi connectivity index (χ3n) is 4.06. The lowest BCUT2D eigenvalue weighted by molar-refractivity contribution is 0.122. The van der Waals surface area contributed by atoms with Crippen LogP contribution in [0.25, 0.3) is 0 Å². The van der Waals surface area contributed by atoms with Gasteiger partial charge in [-0.2, -0.15) is 0 Å². The minimum Gasteiger partial charge on any atom is -0.378 e. The molecule has 0 saturated carbocycles. The van der Waals surface area contributed by atoms with Gasteiger partial charge in [-0.25, -0.2) is 4.39 Å². The first-order valence-electron chi connectivity index (χ1n) is 8.65. The summed E-state index contributed by atoms with van der Waals surface area (Å²) >= 11 is 0. The van der Waals surface area contributed by atoms with Gasteiger partial charge in [0.2, 0.25) is 0 Å². The molecule has 0 amide bonds. The first-order chi connectivity index (χ1) is 11.6. The second kappa shape index (κ2) is 11.5. The van der Waals surface area contributed by atoms with E-state index in [2.05, 4.69) is 29.5 Å². The van der Waals surface area contributed by atoms with Crippen LogP contribution >= 0.6 is 24.0 Å². The van der Waals surface area contributed by atoms with Gasteiger partial charge in [-0.15, -0.1) is 24.0 Å². The van der Waals surface area contributed by atoms with E-state index in [4.69, 9.17) is 4.74 Å². The van der Waals surface area contributed by atoms with Crippen LogP contribution in [0.5, 0.6) is 0 Å². The van der Waals surface area contributed by atoms with Crippen molar-refractivity contribution in [2.24, 2.45) is 10.9 Å². The summed E-state index contributed by atoms with van der Waals surface area (Å²) < 4.78 is 19.7. The number of guanidine groups is 1. The Hall–Kier alpha value is -1.09. The highest BCUT2D eigenvalue weighted by Crippen LogP contribution is 2.21. The van der Waals surface area contributed by atoms with Crippen LogP contribution in [0.4, 0.5) is 10.1 Å². The molecule has 1 fully saturated rings. The van der Waals surface area contributed by atoms with E-state index in [1.165, 1.54) is 0 Å². The number of halogens is 2. The standard InChI is InChI=1S/C18H29FN4O.HI/c1-14(2)6-7-21-18(20-3)22-13-15-4-5-17(16(19)12-15)23-8-10-24-11-9-23;/h4-5,12,14H,6-11,13H2,1-3H3,(H2,20,21,22);1H. The van der Waals surface area contributed by atoms with Crippen LogP contribution in [-0.2, 0) is 11.3 Å². The molecule has 25 heavy (non-hydrogen) atoms. The zero-order valence-electron chi connectivity index (χ0n) is 15.3. The first-order valence-corrected chi connectivity index (χ1v) is 8.65. The Balaban J connectivity index is 0.00000312. The zero-order chi connectivity index (χ0) is 17.4. The molecule has 1 heterocycles. The van der Waals surface area contributed by atoms with Gasteiger partial charge in [0.15, 0.2) is 5.96 Å². The average molecular weight is 464 g/mol. The van der Waals surface area contributed by atoms with Crippen LogP contribution in [0.15, 0.2) is 23.2 Å². The van der Waals surface area contributed by atoms with Crippen LogP contribution in [0, 0.1) is 11.7 Å². The monoisotopic (exact) mass is 464 g/mol. The van der Waals surface area contributed by atoms with Gasteiger partial charge in [0.05, 0.1) is 18.9 Å². The van der Waals surface area contributed by atoms with Crippen molar-refractivity contribution in [2.45, 2.75) is 26.8 Å². The normalized spacial score (nSPS) is 15.1. The van der Waals surface area contributed by atoms with Crippen LogP contribution in [0.1, 0.15) is 25.8 Å². The van der Waals surface area contributed by atoms with E-state index in [0.717, 1.165) is 37.6 Å². The molecule has 0 radical (unpaired) electrons. The van der Waals surface area contributed by atoms with Gasteiger partial charge in [-0.05, 0) is 30.0 Å². The lowest BCUT2D eigenvalue weighted by atomic mass is 10.1. The van der Waals surface area contributed by atoms with Gasteiger partial charge in [-0.1, -0.05) is 19.9 Å². The molecule has 0 aromatic heterocycles. The minimum atomic E-state index is -0.182. The third kappa shape index (κ3) is 7.35. The molecule has 5 nitrogen and oxygen atoms in total. The molecule has 2 N–H and O–H groups in total. The molecule has 2 rings (SSSR count). The van der Waals surface area contributed by atoms with Crippen LogP contribution in [0.3, 0.4) is 0 Å². The summed E-state index contributed by atoms with van der Waals surface area (Å²) in [5.41, 5.74) is 1.55. The van der Waals surface area contributed by atoms with E-state index < -0.39 is 0 Å². The molecule has 142 valence electrons. The Morgan fingerprint density at radius 3 is 2.60 bits per heavy atom. The fraction of sp³-hybridized carbons (Fsp3) is 0.611. The maximum atomic E-state index is 14.4. The predicted molar refractivity (Wildman–Crippen MR) is 113 cm³/mol. The van der Waals surface area contributed by atoms with Crippen molar-refractivity contribution in [3.63, 3.8) is 0 Å². The summed E-state index contributed by atoms with van der Waals surface area (Å²) in [6, 6.07) is 5.41. The molecule has 0 unspecified atom stereocenters. The number of hydrogen-bond donors (Lipinski definition) is 2. The summed E-state index contributed by atoms with van der Waals surface area (Å²) in [6.45, 7) is 8.58. The number of nitrogens with zero attached hydrogens (tertiary/aromatic N) is 2. The van der Waals surface area contributed by atoms with E-state index >= 15 is 0 Å². The minimum absolute atomic E-state index is 0. The average Bonchev–Trinajstić information content (AvgIpc) is 2.58. The van der Waals surface area contributed by atoms with Crippen molar-refractivity contribution in [1.29, 1.82) is 0 Å². The molecule has 1 aromatic carbocycles. The SMILES string of the molecule is CN=C(NCCC(C)C)NCc1ccc(N2CCOCC2)c(F)c1.I. The van der Waals surface area contributed by atoms with Gasteiger partial charge in [0.1, 0.15) is 5.82 Å². The Bertz CT molecular complexity index is 548. The lowest BCUT2D eigenvalue weighted by Gasteiger charge is -2.29. The maximum Gasteiger partial charge on any atom is 0.191 e. The van der Waals surface area contributed by atoms with E-state index in [9.17, 15) is 4.39 Å². The van der Waals surface area contributed by atoms with E-state index in [1.807, 2.05) is 17.0 Å². The van der Waals surface area contributed by atoms with Gasteiger partial charge in [-0.3, -0.25) is 4.99 Å². The summed E-state index contributed by atoms with van der Waals surface area (Å²) in [4.78, 5) is 6.22. The smallest absolute Gasteiger partial charge is 0.191 e. The van der Waals surface area contributed by atoms with E-state index in [-0.39, 0.29) is 29.8 Å². The Labute approximate surface area is 167 Å². The third-order valence-corrected chi connectivity index (χ3v) is 4.06. The highest BCUT2D eigenvalue weighted by atomic mass is 127. The number of rotatable bonds is 6. The first kappa shape index (κ1) is 22.0. The van der Waals surface area contributed by atoms with Crippen molar-refractivity contribution in [1.82, 2.24) is 10.6 Å². The summed E-state index contributed by atoms with van der Waals surface area (Å²) in [5, 5.41) is 6.50. The highest BCUT2D eigenvalue weighted by Gasteiger charge is 2.15. The number of aliphatic imine (C=N–C) groups is 1. The van der Waals surface area contributed by atoms with Crippen LogP contribution in [0.2, 0.25) is 0 Å². The largest absolute Gasteiger partial charge is 0.378 e. The second-order valence-corrected chi connectivity index (χ2v) is 6.42. The second-order valence-electron chi connectivity index (χ2n) is 6.42. The van der Waals surface area contributed by atoms with E-state index in [0.29, 0.717) is 31.4 Å². The molecule has 0 atom stereocenters. The number of ether oxygens (including phenoxy) is 1. The summed E-state index contributed by atoms with van der Waals surface area (Å²) in [6.07, 6.45) is 1.09. The van der Waals surface area contributed by atoms with E-state index in [1.54, 1.807) is 13.1 Å². The van der Waals surface area contributed by atoms with Crippen LogP contribution < -0.4 is 15.5 Å². The number of hydrogen-bond acceptors (Lipinski definition) is 3. The molecule has 0 aliphatic carbocycles. The Morgan fingerprint density at radius 2 is 2.00 bits per heavy atom. The van der Waals surface area contributed by atoms with Gasteiger partial charge >= 0.3 is 0 Å². The molecule has 0 bridgehead atoms. The fourth-order valence-electron chi connectivity index (χ4n) is 2.61. The molecule has 0 spiro atoms. The molecule has 1 aliphatic rings. The van der Waals surface area contributed by atoms with Crippen molar-refractivity contribution >= 4 is 35.6 Å². The Morgan fingerprint density at radius 1 is 1.28 bits per heavy atom. The van der Waals surface area contributed by atoms with Gasteiger partial charge < -0.3 is 20.3 Å². The topological polar surface area (TPSA) is 48.9 Å². The number of morpholine rings is 1. The molecular weight excluding hydrogens is 434 g/mol. The maximum absolute atomic E-state index is 14.4. The fourth-order valence-corrected chi connectivity index (χ4v) is 2.61. The number of nitrogens with one attached hydrogen (secondary N) is 2. The van der Waals surface area contributed by atoms with Crippen molar-refractivity contribution in [2.75, 3.05) is 44.8 Å². The van der Waals surface area contributed by atoms with Crippen molar-refractivity contribution < 1.29 is 9.13 Å². The van der Waals surface area contributed by atoms with Gasteiger partial charge in [0.25, 0.3) is 0 Å². The van der Waals surface area contributed by atoms with Crippen molar-refractivity contribution in [3.8, 4) is 0 Å². The highest BCUT2D eigenvalue weighted by molar-refractivity contribution is 14.0. The number of benzene rings is 1. The Kier molecular flexibility index (Phi) is 10.1. The van der Waals surface area contributed by atoms with Crippen molar-refractivity contribution in [3.05, 3.63) is 29.6 Å². The molecule has 1 aliphatic heterocycles. The number of anilines is 1. The molecule has 1 aromatic rings. The quantitative estimate of drug-likeness (QED) is 0.386. The van der Waals surface area contributed by atoms with Crippen LogP contribution in [-0.4, -0.2) is 45.9 Å². The van der Waals surface area contributed by atoms with Gasteiger partial charge in [0, 0.05) is 33.2 Å². The molecule has 1 saturated heterocycles. The summed E-state index contributed by atoms with van der Waals surface area (Å²) in [5.74, 6) is 1.21. The summed E-state index contributed by atoms with van der Waals surface area (Å²) in [7, 11) is 1.74. The zero-order valence-corrected chi connectivity index (χ0v) is 17.7. The lowest BCUT2D eigenvalue weighted by Crippen LogP contribution is -2.38. The molecular formula is C18H30FIN4O.